The summed E-state index contributed by atoms with van der Waals surface area (Å²) in [5.41, 5.74) is 1.42. The average molecular weight is 658 g/mol. The van der Waals surface area contributed by atoms with E-state index in [1.807, 2.05) is 13.8 Å². The smallest absolute Gasteiger partial charge is 0.255 e. The maximum absolute atomic E-state index is 13.7. The lowest BCUT2D eigenvalue weighted by Gasteiger charge is -2.27. The van der Waals surface area contributed by atoms with Gasteiger partial charge in [-0.05, 0) is 36.5 Å². The molecule has 4 rings (SSSR count). The van der Waals surface area contributed by atoms with E-state index >= 15 is 0 Å². The number of nitrogens with zero attached hydrogens (tertiary/aromatic N) is 3. The summed E-state index contributed by atoms with van der Waals surface area (Å²) in [7, 11) is 1.50. The van der Waals surface area contributed by atoms with Crippen LogP contribution >= 0.6 is 0 Å². The van der Waals surface area contributed by atoms with Crippen LogP contribution < -0.4 is 26.0 Å². The van der Waals surface area contributed by atoms with Gasteiger partial charge in [0.1, 0.15) is 24.4 Å². The highest BCUT2D eigenvalue weighted by atomic mass is 16.5. The van der Waals surface area contributed by atoms with E-state index in [2.05, 4.69) is 31.2 Å². The molecule has 0 saturated heterocycles. The summed E-state index contributed by atoms with van der Waals surface area (Å²) in [6.45, 7) is 4.08. The number of carbonyl (C=O) groups is 5. The molecule has 13 nitrogen and oxygen atoms in total. The minimum atomic E-state index is -1.08. The van der Waals surface area contributed by atoms with E-state index in [1.165, 1.54) is 11.9 Å². The molecular formula is C35H43N7O6. The molecule has 0 fully saturated rings. The first-order chi connectivity index (χ1) is 23.1. The van der Waals surface area contributed by atoms with E-state index in [4.69, 9.17) is 4.74 Å². The first kappa shape index (κ1) is 35.5. The highest BCUT2D eigenvalue weighted by Gasteiger charge is 2.29. The average Bonchev–Trinajstić information content (AvgIpc) is 3.07. The van der Waals surface area contributed by atoms with Crippen molar-refractivity contribution in [2.45, 2.75) is 57.7 Å². The Kier molecular flexibility index (Phi) is 13.0. The summed E-state index contributed by atoms with van der Waals surface area (Å²) in [6, 6.07) is 12.8. The number of fused-ring (bicyclic) bond motifs is 1. The second-order valence-electron chi connectivity index (χ2n) is 12.1. The van der Waals surface area contributed by atoms with Crippen molar-refractivity contribution in [2.24, 2.45) is 5.92 Å². The molecule has 0 spiro atoms. The van der Waals surface area contributed by atoms with Crippen LogP contribution in [0.5, 0.6) is 5.75 Å². The van der Waals surface area contributed by atoms with Gasteiger partial charge in [-0.15, -0.1) is 0 Å². The van der Waals surface area contributed by atoms with Crippen molar-refractivity contribution in [3.05, 3.63) is 90.0 Å². The molecule has 254 valence electrons. The molecule has 0 aliphatic carbocycles. The van der Waals surface area contributed by atoms with Gasteiger partial charge in [-0.2, -0.15) is 0 Å². The van der Waals surface area contributed by atoms with E-state index in [-0.39, 0.29) is 49.8 Å². The minimum absolute atomic E-state index is 0.0536. The van der Waals surface area contributed by atoms with Gasteiger partial charge < -0.3 is 30.9 Å². The molecule has 5 amide bonds. The molecule has 1 aliphatic rings. The lowest BCUT2D eigenvalue weighted by atomic mass is 10.0. The van der Waals surface area contributed by atoms with Crippen molar-refractivity contribution < 1.29 is 28.7 Å². The van der Waals surface area contributed by atoms with Gasteiger partial charge in [-0.1, -0.05) is 56.3 Å². The number of carbonyl (C=O) groups excluding carboxylic acids is 5. The fourth-order valence-electron chi connectivity index (χ4n) is 5.34. The molecule has 48 heavy (non-hydrogen) atoms. The van der Waals surface area contributed by atoms with E-state index in [9.17, 15) is 24.0 Å². The van der Waals surface area contributed by atoms with Gasteiger partial charge in [0, 0.05) is 45.0 Å². The lowest BCUT2D eigenvalue weighted by molar-refractivity contribution is -0.138. The zero-order valence-corrected chi connectivity index (χ0v) is 27.5. The van der Waals surface area contributed by atoms with Crippen LogP contribution in [-0.4, -0.2) is 83.2 Å². The summed E-state index contributed by atoms with van der Waals surface area (Å²) < 4.78 is 6.08. The van der Waals surface area contributed by atoms with Crippen LogP contribution in [0.3, 0.4) is 0 Å². The molecule has 4 N–H and O–H groups in total. The molecule has 0 bridgehead atoms. The van der Waals surface area contributed by atoms with Crippen LogP contribution in [0, 0.1) is 5.92 Å². The Morgan fingerprint density at radius 1 is 0.979 bits per heavy atom. The summed E-state index contributed by atoms with van der Waals surface area (Å²) >= 11 is 0. The maximum Gasteiger partial charge on any atom is 0.255 e. The fourth-order valence-corrected chi connectivity index (χ4v) is 5.34. The number of nitrogens with one attached hydrogen (secondary N) is 4. The molecule has 1 aromatic heterocycles. The van der Waals surface area contributed by atoms with Gasteiger partial charge in [-0.25, -0.2) is 0 Å². The van der Waals surface area contributed by atoms with Gasteiger partial charge in [0.25, 0.3) is 5.91 Å². The fraction of sp³-hybridized carbons (Fsp3) is 0.400. The van der Waals surface area contributed by atoms with Crippen molar-refractivity contribution in [3.63, 3.8) is 0 Å². The van der Waals surface area contributed by atoms with E-state index in [0.29, 0.717) is 24.1 Å². The van der Waals surface area contributed by atoms with Crippen LogP contribution in [0.4, 0.5) is 0 Å². The SMILES string of the molecule is CC(C)C[C@H]1COc2ccccc2C(=O)N[C@H](C(=O)NCCc2cnccn2)CCC(=O)N[C@@H](c2ccccc2)C(=O)N(C)CC(=O)N1. The zero-order chi connectivity index (χ0) is 34.5. The van der Waals surface area contributed by atoms with Gasteiger partial charge in [0.15, 0.2) is 0 Å². The molecule has 2 aromatic carbocycles. The summed E-state index contributed by atoms with van der Waals surface area (Å²) in [4.78, 5) is 76.6. The van der Waals surface area contributed by atoms with Crippen molar-refractivity contribution >= 4 is 29.5 Å². The molecule has 0 radical (unpaired) electrons. The van der Waals surface area contributed by atoms with Crippen molar-refractivity contribution in [3.8, 4) is 5.75 Å². The van der Waals surface area contributed by atoms with Crippen molar-refractivity contribution in [1.29, 1.82) is 0 Å². The van der Waals surface area contributed by atoms with Crippen molar-refractivity contribution in [2.75, 3.05) is 26.7 Å². The maximum atomic E-state index is 13.7. The van der Waals surface area contributed by atoms with Crippen molar-refractivity contribution in [1.82, 2.24) is 36.1 Å². The van der Waals surface area contributed by atoms with Crippen LogP contribution in [0.25, 0.3) is 0 Å². The molecule has 1 aliphatic heterocycles. The van der Waals surface area contributed by atoms with Gasteiger partial charge in [0.05, 0.1) is 23.8 Å². The second-order valence-corrected chi connectivity index (χ2v) is 12.1. The number of rotatable bonds is 7. The Morgan fingerprint density at radius 3 is 2.46 bits per heavy atom. The summed E-state index contributed by atoms with van der Waals surface area (Å²) in [5, 5.41) is 11.3. The Hall–Kier alpha value is -5.33. The van der Waals surface area contributed by atoms with Gasteiger partial charge in [0.2, 0.25) is 23.6 Å². The molecule has 0 unspecified atom stereocenters. The zero-order valence-electron chi connectivity index (χ0n) is 27.5. The third kappa shape index (κ3) is 10.6. The predicted octanol–water partition coefficient (Wildman–Crippen LogP) is 1.95. The highest BCUT2D eigenvalue weighted by molar-refractivity contribution is 6.00. The topological polar surface area (TPSA) is 172 Å². The first-order valence-corrected chi connectivity index (χ1v) is 16.0. The molecule has 0 saturated carbocycles. The molecule has 3 atom stereocenters. The monoisotopic (exact) mass is 657 g/mol. The van der Waals surface area contributed by atoms with Gasteiger partial charge in [-0.3, -0.25) is 33.9 Å². The number of hydrogen-bond acceptors (Lipinski definition) is 8. The van der Waals surface area contributed by atoms with Crippen LogP contribution in [0.1, 0.15) is 60.8 Å². The minimum Gasteiger partial charge on any atom is -0.491 e. The predicted molar refractivity (Wildman–Crippen MR) is 178 cm³/mol. The van der Waals surface area contributed by atoms with E-state index in [0.717, 1.165) is 0 Å². The van der Waals surface area contributed by atoms with Crippen LogP contribution in [0.2, 0.25) is 0 Å². The van der Waals surface area contributed by atoms with E-state index < -0.39 is 47.7 Å². The number of hydrogen-bond donors (Lipinski definition) is 4. The Balaban J connectivity index is 1.62. The number of aromatic nitrogens is 2. The van der Waals surface area contributed by atoms with Crippen LogP contribution in [-0.2, 0) is 25.6 Å². The Morgan fingerprint density at radius 2 is 1.73 bits per heavy atom. The standard InChI is InChI=1S/C35H43N7O6/c1-23(2)19-26-22-48-29-12-8-7-11-27(29)33(45)40-28(34(46)38-16-15-25-20-36-17-18-37-25)13-14-30(43)41-32(24-9-5-4-6-10-24)35(47)42(3)21-31(44)39-26/h4-12,17-18,20,23,26,28,32H,13-16,19,21-22H2,1-3H3,(H,38,46)(H,39,44)(H,40,45)(H,41,43)/t26-,28-,32-/m0/s1. The molecular weight excluding hydrogens is 614 g/mol. The number of ether oxygens (including phenoxy) is 1. The lowest BCUT2D eigenvalue weighted by Crippen LogP contribution is -2.49. The summed E-state index contributed by atoms with van der Waals surface area (Å²) in [6.07, 6.45) is 5.48. The Bertz CT molecular complexity index is 1550. The number of amides is 5. The Labute approximate surface area is 280 Å². The quantitative estimate of drug-likeness (QED) is 0.299. The number of benzene rings is 2. The highest BCUT2D eigenvalue weighted by Crippen LogP contribution is 2.20. The van der Waals surface area contributed by atoms with Gasteiger partial charge >= 0.3 is 0 Å². The molecule has 2 heterocycles. The third-order valence-electron chi connectivity index (χ3n) is 7.71. The number of para-hydroxylation sites is 1. The molecule has 13 heteroatoms. The summed E-state index contributed by atoms with van der Waals surface area (Å²) in [5.74, 6) is -1.95. The van der Waals surface area contributed by atoms with E-state index in [1.54, 1.807) is 73.2 Å². The van der Waals surface area contributed by atoms with Crippen LogP contribution in [0.15, 0.2) is 73.2 Å². The normalized spacial score (nSPS) is 19.9. The molecule has 3 aromatic rings. The largest absolute Gasteiger partial charge is 0.491 e. The first-order valence-electron chi connectivity index (χ1n) is 16.0. The second kappa shape index (κ2) is 17.5. The third-order valence-corrected chi connectivity index (χ3v) is 7.71. The number of likely N-dealkylation sites (N-methyl/N-ethyl adjacent to an activating group) is 1.